The number of hydrogen-bond donors (Lipinski definition) is 2. The van der Waals surface area contributed by atoms with E-state index in [-0.39, 0.29) is 45.8 Å². The van der Waals surface area contributed by atoms with Crippen LogP contribution in [0.2, 0.25) is 0 Å². The molecule has 0 saturated heterocycles. The van der Waals surface area contributed by atoms with Crippen molar-refractivity contribution in [2.75, 3.05) is 0 Å². The van der Waals surface area contributed by atoms with E-state index < -0.39 is 0 Å². The molecule has 2 nitrogen and oxygen atoms in total. The Labute approximate surface area is 46.2 Å². The van der Waals surface area contributed by atoms with Crippen molar-refractivity contribution in [1.82, 2.24) is 12.3 Å². The zero-order valence-corrected chi connectivity index (χ0v) is 5.23. The summed E-state index contributed by atoms with van der Waals surface area (Å²) in [4.78, 5) is 0. The summed E-state index contributed by atoms with van der Waals surface area (Å²) in [5.74, 6) is 0. The van der Waals surface area contributed by atoms with Crippen LogP contribution in [0.15, 0.2) is 0 Å². The summed E-state index contributed by atoms with van der Waals surface area (Å²) in [6.07, 6.45) is 0. The maximum atomic E-state index is 0. The van der Waals surface area contributed by atoms with Crippen LogP contribution < -0.4 is 12.3 Å². The van der Waals surface area contributed by atoms with Gasteiger partial charge in [0, 0.05) is 21.1 Å². The average molecular weight is 266 g/mol. The summed E-state index contributed by atoms with van der Waals surface area (Å²) in [6.45, 7) is 0. The van der Waals surface area contributed by atoms with Crippen LogP contribution in [-0.2, 0) is 21.1 Å². The Balaban J connectivity index is 0. The molecule has 0 atom stereocenters. The second-order valence-corrected chi connectivity index (χ2v) is 0. The van der Waals surface area contributed by atoms with E-state index in [4.69, 9.17) is 0 Å². The van der Waals surface area contributed by atoms with Crippen LogP contribution in [0.1, 0.15) is 0 Å². The largest absolute Gasteiger partial charge is 0.344 e. The number of halogens is 1. The van der Waals surface area contributed by atoms with Gasteiger partial charge in [0.05, 0.1) is 0 Å². The van der Waals surface area contributed by atoms with Gasteiger partial charge in [0.1, 0.15) is 0 Å². The molecular formula is H7ClN2Pt. The van der Waals surface area contributed by atoms with Gasteiger partial charge in [-0.05, 0) is 0 Å². The van der Waals surface area contributed by atoms with Crippen molar-refractivity contribution in [1.29, 1.82) is 0 Å². The van der Waals surface area contributed by atoms with Crippen molar-refractivity contribution in [2.45, 2.75) is 0 Å². The molecule has 0 rings (SSSR count). The molecule has 0 saturated carbocycles. The molecule has 0 spiro atoms. The molecule has 0 unspecified atom stereocenters. The van der Waals surface area contributed by atoms with Gasteiger partial charge in [-0.25, -0.2) is 0 Å². The van der Waals surface area contributed by atoms with E-state index in [0.29, 0.717) is 0 Å². The molecule has 6 N–H and O–H groups in total. The first-order valence-electron chi connectivity index (χ1n) is 0. The smallest absolute Gasteiger partial charge is 0 e. The van der Waals surface area contributed by atoms with Crippen molar-refractivity contribution in [3.05, 3.63) is 0 Å². The van der Waals surface area contributed by atoms with Gasteiger partial charge < -0.3 is 12.3 Å². The maximum Gasteiger partial charge on any atom is 0 e. The topological polar surface area (TPSA) is 70.0 Å². The molecule has 0 radical (unpaired) electrons. The van der Waals surface area contributed by atoms with Crippen molar-refractivity contribution in [3.8, 4) is 0 Å². The van der Waals surface area contributed by atoms with Gasteiger partial charge in [0.25, 0.3) is 0 Å². The first kappa shape index (κ1) is 92.2. The van der Waals surface area contributed by atoms with Crippen LogP contribution >= 0.6 is 12.4 Å². The van der Waals surface area contributed by atoms with Gasteiger partial charge in [0.15, 0.2) is 0 Å². The van der Waals surface area contributed by atoms with Gasteiger partial charge in [0.2, 0.25) is 0 Å². The normalized spacial score (nSPS) is 0. The summed E-state index contributed by atoms with van der Waals surface area (Å²) in [7, 11) is 0. The van der Waals surface area contributed by atoms with Gasteiger partial charge in [-0.2, -0.15) is 0 Å². The molecule has 34 valence electrons. The first-order chi connectivity index (χ1) is 0. The third kappa shape index (κ3) is 12.9. The zero-order valence-electron chi connectivity index (χ0n) is 2.14. The van der Waals surface area contributed by atoms with Crippen LogP contribution in [0, 0.1) is 0 Å². The maximum absolute atomic E-state index is 0. The van der Waals surface area contributed by atoms with E-state index in [1.165, 1.54) is 0 Å². The molecule has 0 aliphatic carbocycles. The van der Waals surface area contributed by atoms with Gasteiger partial charge in [-0.1, -0.05) is 0 Å². The zero-order chi connectivity index (χ0) is 0. The summed E-state index contributed by atoms with van der Waals surface area (Å²) >= 11 is 0. The van der Waals surface area contributed by atoms with E-state index in [2.05, 4.69) is 0 Å². The molecule has 0 aromatic carbocycles. The predicted molar refractivity (Wildman–Crippen MR) is 17.3 cm³/mol. The van der Waals surface area contributed by atoms with E-state index in [0.717, 1.165) is 0 Å². The SMILES string of the molecule is Cl.N.N.[Pt]. The van der Waals surface area contributed by atoms with Gasteiger partial charge >= 0.3 is 0 Å². The van der Waals surface area contributed by atoms with E-state index in [1.54, 1.807) is 0 Å². The Morgan fingerprint density at radius 1 is 0.750 bits per heavy atom. The second kappa shape index (κ2) is 40.6. The third-order valence-electron chi connectivity index (χ3n) is 0. The third-order valence-corrected chi connectivity index (χ3v) is 0. The molecule has 0 heterocycles. The summed E-state index contributed by atoms with van der Waals surface area (Å²) in [6, 6.07) is 0. The summed E-state index contributed by atoms with van der Waals surface area (Å²) < 4.78 is 0. The molecular weight excluding hydrogens is 259 g/mol. The van der Waals surface area contributed by atoms with Crippen LogP contribution in [0.4, 0.5) is 0 Å². The van der Waals surface area contributed by atoms with Crippen LogP contribution in [0.25, 0.3) is 0 Å². The molecule has 0 aliphatic heterocycles. The Hall–Kier alpha value is 0.898. The van der Waals surface area contributed by atoms with Crippen LogP contribution in [0.3, 0.4) is 0 Å². The predicted octanol–water partition coefficient (Wildman–Crippen LogP) is 0.743. The Bertz CT molecular complexity index is 6.00. The minimum atomic E-state index is 0. The minimum absolute atomic E-state index is 0. The average Bonchev–Trinajstić information content (AvgIpc) is 0. The van der Waals surface area contributed by atoms with Gasteiger partial charge in [-0.3, -0.25) is 0 Å². The molecule has 0 aliphatic rings. The molecule has 4 heavy (non-hydrogen) atoms. The molecule has 0 amide bonds. The van der Waals surface area contributed by atoms with E-state index in [1.807, 2.05) is 0 Å². The van der Waals surface area contributed by atoms with Crippen molar-refractivity contribution in [3.63, 3.8) is 0 Å². The fraction of sp³-hybridized carbons (Fsp3) is 0. The van der Waals surface area contributed by atoms with Crippen molar-refractivity contribution in [2.24, 2.45) is 0 Å². The Morgan fingerprint density at radius 3 is 0.750 bits per heavy atom. The van der Waals surface area contributed by atoms with Crippen LogP contribution in [-0.4, -0.2) is 0 Å². The number of hydrogen-bond acceptors (Lipinski definition) is 2. The van der Waals surface area contributed by atoms with Crippen molar-refractivity contribution < 1.29 is 21.1 Å². The molecule has 0 aromatic rings. The second-order valence-electron chi connectivity index (χ2n) is 0. The molecule has 0 fully saturated rings. The van der Waals surface area contributed by atoms with Gasteiger partial charge in [-0.15, -0.1) is 12.4 Å². The summed E-state index contributed by atoms with van der Waals surface area (Å²) in [5.41, 5.74) is 0. The molecule has 0 aromatic heterocycles. The standard InChI is InChI=1S/ClH.2H3N.Pt/h1H;2*1H3;. The Kier molecular flexibility index (Phi) is 936. The molecule has 4 heteroatoms. The minimum Gasteiger partial charge on any atom is -0.344 e. The molecule has 0 bridgehead atoms. The fourth-order valence-electron chi connectivity index (χ4n) is 0. The summed E-state index contributed by atoms with van der Waals surface area (Å²) in [5, 5.41) is 0. The first-order valence-corrected chi connectivity index (χ1v) is 0. The van der Waals surface area contributed by atoms with Crippen LogP contribution in [0.5, 0.6) is 0 Å². The Morgan fingerprint density at radius 2 is 0.750 bits per heavy atom. The van der Waals surface area contributed by atoms with Crippen molar-refractivity contribution >= 4 is 12.4 Å². The quantitative estimate of drug-likeness (QED) is 0.678. The van der Waals surface area contributed by atoms with E-state index in [9.17, 15) is 0 Å². The monoisotopic (exact) mass is 265 g/mol. The number of rotatable bonds is 0. The fourth-order valence-corrected chi connectivity index (χ4v) is 0. The van der Waals surface area contributed by atoms with E-state index >= 15 is 0 Å².